The number of carbonyl (C=O) groups is 3. The fourth-order valence-corrected chi connectivity index (χ4v) is 5.47. The summed E-state index contributed by atoms with van der Waals surface area (Å²) in [6.45, 7) is 3.21. The quantitative estimate of drug-likeness (QED) is 0.220. The van der Waals surface area contributed by atoms with Gasteiger partial charge < -0.3 is 29.0 Å². The number of carboxylic acids is 1. The summed E-state index contributed by atoms with van der Waals surface area (Å²) in [5, 5.41) is 9.99. The van der Waals surface area contributed by atoms with Gasteiger partial charge in [0.1, 0.15) is 24.2 Å². The Morgan fingerprint density at radius 1 is 0.810 bits per heavy atom. The maximum absolute atomic E-state index is 13.8. The number of aliphatic carboxylic acids is 1. The maximum atomic E-state index is 13.8. The lowest BCUT2D eigenvalue weighted by atomic mass is 9.74. The van der Waals surface area contributed by atoms with E-state index in [0.29, 0.717) is 24.3 Å². The van der Waals surface area contributed by atoms with Gasteiger partial charge in [0.25, 0.3) is 0 Å². The van der Waals surface area contributed by atoms with Gasteiger partial charge in [0.05, 0.1) is 32.1 Å². The molecule has 0 spiro atoms. The topological polar surface area (TPSA) is 112 Å². The molecule has 4 atom stereocenters. The molecule has 3 aromatic carbocycles. The van der Waals surface area contributed by atoms with Crippen molar-refractivity contribution in [1.82, 2.24) is 4.90 Å². The third-order valence-electron chi connectivity index (χ3n) is 7.77. The molecule has 9 nitrogen and oxygen atoms in total. The molecule has 1 fully saturated rings. The van der Waals surface area contributed by atoms with Crippen molar-refractivity contribution in [3.8, 4) is 11.5 Å². The largest absolute Gasteiger partial charge is 0.508 e. The van der Waals surface area contributed by atoms with Crippen LogP contribution in [-0.4, -0.2) is 60.4 Å². The van der Waals surface area contributed by atoms with Crippen LogP contribution in [0.3, 0.4) is 0 Å². The lowest BCUT2D eigenvalue weighted by Gasteiger charge is -2.54. The summed E-state index contributed by atoms with van der Waals surface area (Å²) in [6, 6.07) is 23.3. The second-order valence-corrected chi connectivity index (χ2v) is 10.5. The van der Waals surface area contributed by atoms with E-state index in [0.717, 1.165) is 16.7 Å². The van der Waals surface area contributed by atoms with E-state index < -0.39 is 36.1 Å². The number of carboxylic acid groups (broad SMARTS) is 1. The molecule has 0 aromatic heterocycles. The van der Waals surface area contributed by atoms with Crippen molar-refractivity contribution >= 4 is 18.0 Å². The van der Waals surface area contributed by atoms with Crippen molar-refractivity contribution in [3.05, 3.63) is 95.6 Å². The van der Waals surface area contributed by atoms with E-state index >= 15 is 0 Å². The highest BCUT2D eigenvalue weighted by Gasteiger charge is 2.57. The summed E-state index contributed by atoms with van der Waals surface area (Å²) < 4.78 is 21.3. The Balaban J connectivity index is 1.55. The third kappa shape index (κ3) is 7.21. The molecule has 0 saturated carbocycles. The van der Waals surface area contributed by atoms with Crippen molar-refractivity contribution in [2.45, 2.75) is 51.5 Å². The molecule has 1 aliphatic rings. The normalized spacial score (nSPS) is 17.6. The molecule has 0 aliphatic carbocycles. The number of β-lactam (4-membered cyclic amide) rings is 1. The van der Waals surface area contributed by atoms with Crippen LogP contribution in [0.15, 0.2) is 78.9 Å². The van der Waals surface area contributed by atoms with Crippen LogP contribution in [0.25, 0.3) is 0 Å². The Morgan fingerprint density at radius 2 is 1.33 bits per heavy atom. The number of ether oxygens (including phenoxy) is 4. The highest BCUT2D eigenvalue weighted by Crippen LogP contribution is 2.39. The molecule has 1 aliphatic heterocycles. The van der Waals surface area contributed by atoms with Crippen LogP contribution in [0.2, 0.25) is 0 Å². The molecule has 9 heteroatoms. The molecule has 42 heavy (non-hydrogen) atoms. The van der Waals surface area contributed by atoms with Gasteiger partial charge >= 0.3 is 12.1 Å². The van der Waals surface area contributed by atoms with Crippen molar-refractivity contribution < 1.29 is 38.4 Å². The van der Waals surface area contributed by atoms with Gasteiger partial charge in [0.2, 0.25) is 5.91 Å². The predicted molar refractivity (Wildman–Crippen MR) is 155 cm³/mol. The van der Waals surface area contributed by atoms with Gasteiger partial charge in [-0.2, -0.15) is 0 Å². The van der Waals surface area contributed by atoms with E-state index in [2.05, 4.69) is 0 Å². The van der Waals surface area contributed by atoms with Crippen LogP contribution >= 0.6 is 0 Å². The minimum atomic E-state index is -1.03. The Kier molecular flexibility index (Phi) is 10.1. The molecular weight excluding hydrogens is 538 g/mol. The Bertz CT molecular complexity index is 1290. The first-order valence-electron chi connectivity index (χ1n) is 13.9. The standard InChI is InChI=1S/C33H37NO8/c1-21(32(36)37)30-29(22(2)42-33(38)41-20-25-8-6-5-7-9-25)31(35)34(30)26(18-23-10-14-27(39-3)15-11-23)19-24-12-16-28(40-4)17-13-24/h5-17,21-22,26,29-30H,18-20H2,1-4H3,(H,36,37)/t21?,22-,29-,30-/m1/s1. The Morgan fingerprint density at radius 3 is 1.81 bits per heavy atom. The van der Waals surface area contributed by atoms with Gasteiger partial charge in [-0.15, -0.1) is 0 Å². The second kappa shape index (κ2) is 13.9. The smallest absolute Gasteiger partial charge is 0.497 e. The molecule has 4 rings (SSSR count). The molecule has 1 unspecified atom stereocenters. The van der Waals surface area contributed by atoms with Crippen LogP contribution in [0.1, 0.15) is 30.5 Å². The average molecular weight is 576 g/mol. The fraction of sp³-hybridized carbons (Fsp3) is 0.364. The minimum absolute atomic E-state index is 0.0257. The molecule has 3 aromatic rings. The van der Waals surface area contributed by atoms with Crippen LogP contribution in [-0.2, 0) is 38.5 Å². The van der Waals surface area contributed by atoms with Gasteiger partial charge in [0.15, 0.2) is 0 Å². The lowest BCUT2D eigenvalue weighted by Crippen LogP contribution is -2.71. The van der Waals surface area contributed by atoms with Crippen molar-refractivity contribution in [2.24, 2.45) is 11.8 Å². The summed E-state index contributed by atoms with van der Waals surface area (Å²) in [5.41, 5.74) is 2.74. The number of likely N-dealkylation sites (tertiary alicyclic amines) is 1. The second-order valence-electron chi connectivity index (χ2n) is 10.5. The number of hydrogen-bond acceptors (Lipinski definition) is 7. The molecule has 0 radical (unpaired) electrons. The summed E-state index contributed by atoms with van der Waals surface area (Å²) in [7, 11) is 3.19. The van der Waals surface area contributed by atoms with Crippen LogP contribution in [0.4, 0.5) is 4.79 Å². The SMILES string of the molecule is COc1ccc(CC(Cc2ccc(OC)cc2)N2C(=O)[C@H]([C@@H](C)OC(=O)OCc3ccccc3)[C@H]2C(C)C(=O)O)cc1. The van der Waals surface area contributed by atoms with E-state index in [1.807, 2.05) is 78.9 Å². The Hall–Kier alpha value is -4.53. The number of benzene rings is 3. The highest BCUT2D eigenvalue weighted by molar-refractivity contribution is 5.89. The van der Waals surface area contributed by atoms with Gasteiger partial charge in [-0.3, -0.25) is 9.59 Å². The van der Waals surface area contributed by atoms with Crippen molar-refractivity contribution in [2.75, 3.05) is 14.2 Å². The first-order valence-corrected chi connectivity index (χ1v) is 13.9. The fourth-order valence-electron chi connectivity index (χ4n) is 5.47. The molecule has 222 valence electrons. The van der Waals surface area contributed by atoms with Gasteiger partial charge in [-0.05, 0) is 67.6 Å². The minimum Gasteiger partial charge on any atom is -0.497 e. The van der Waals surface area contributed by atoms with Gasteiger partial charge in [-0.25, -0.2) is 4.79 Å². The molecule has 1 saturated heterocycles. The summed E-state index contributed by atoms with van der Waals surface area (Å²) >= 11 is 0. The monoisotopic (exact) mass is 575 g/mol. The Labute approximate surface area is 246 Å². The zero-order valence-electron chi connectivity index (χ0n) is 24.3. The molecule has 1 N–H and O–H groups in total. The summed E-state index contributed by atoms with van der Waals surface area (Å²) in [6.07, 6.45) is -0.809. The van der Waals surface area contributed by atoms with E-state index in [-0.39, 0.29) is 18.6 Å². The summed E-state index contributed by atoms with van der Waals surface area (Å²) in [4.78, 5) is 40.1. The summed E-state index contributed by atoms with van der Waals surface area (Å²) in [5.74, 6) is -1.58. The van der Waals surface area contributed by atoms with E-state index in [1.54, 1.807) is 33.0 Å². The molecule has 0 bridgehead atoms. The number of hydrogen-bond donors (Lipinski definition) is 1. The van der Waals surface area contributed by atoms with Gasteiger partial charge in [0, 0.05) is 6.04 Å². The van der Waals surface area contributed by atoms with Crippen molar-refractivity contribution in [3.63, 3.8) is 0 Å². The third-order valence-corrected chi connectivity index (χ3v) is 7.77. The zero-order chi connectivity index (χ0) is 30.2. The molecule has 1 heterocycles. The molecular formula is C33H37NO8. The molecule has 1 amide bonds. The number of nitrogens with zero attached hydrogens (tertiary/aromatic N) is 1. The van der Waals surface area contributed by atoms with E-state index in [9.17, 15) is 19.5 Å². The number of methoxy groups -OCH3 is 2. The van der Waals surface area contributed by atoms with Gasteiger partial charge in [-0.1, -0.05) is 54.6 Å². The van der Waals surface area contributed by atoms with Crippen LogP contribution in [0.5, 0.6) is 11.5 Å². The van der Waals surface area contributed by atoms with E-state index in [4.69, 9.17) is 18.9 Å². The highest BCUT2D eigenvalue weighted by atomic mass is 16.7. The van der Waals surface area contributed by atoms with Crippen LogP contribution in [0, 0.1) is 11.8 Å². The van der Waals surface area contributed by atoms with Crippen molar-refractivity contribution in [1.29, 1.82) is 0 Å². The van der Waals surface area contributed by atoms with Crippen LogP contribution < -0.4 is 9.47 Å². The zero-order valence-corrected chi connectivity index (χ0v) is 24.3. The first-order chi connectivity index (χ1) is 20.2. The lowest BCUT2D eigenvalue weighted by molar-refractivity contribution is -0.179. The first kappa shape index (κ1) is 30.4. The number of rotatable bonds is 13. The average Bonchev–Trinajstić information content (AvgIpc) is 2.99. The van der Waals surface area contributed by atoms with E-state index in [1.165, 1.54) is 0 Å². The number of amides is 1. The number of carbonyl (C=O) groups excluding carboxylic acids is 2. The maximum Gasteiger partial charge on any atom is 0.508 e. The predicted octanol–water partition coefficient (Wildman–Crippen LogP) is 5.15.